The van der Waals surface area contributed by atoms with Crippen molar-refractivity contribution >= 4 is 11.8 Å². The van der Waals surface area contributed by atoms with Crippen LogP contribution in [0.25, 0.3) is 0 Å². The van der Waals surface area contributed by atoms with E-state index in [4.69, 9.17) is 4.74 Å². The Morgan fingerprint density at radius 1 is 1.38 bits per heavy atom. The van der Waals surface area contributed by atoms with Crippen LogP contribution in [0.15, 0.2) is 17.6 Å². The molecule has 0 saturated heterocycles. The van der Waals surface area contributed by atoms with E-state index in [-0.39, 0.29) is 0 Å². The number of nitrogens with one attached hydrogen (secondary N) is 1. The maximum Gasteiger partial charge on any atom is 0.209 e. The average molecular weight is 311 g/mol. The van der Waals surface area contributed by atoms with Gasteiger partial charge in [-0.3, -0.25) is 4.68 Å². The second kappa shape index (κ2) is 8.75. The van der Waals surface area contributed by atoms with Gasteiger partial charge in [-0.05, 0) is 17.4 Å². The van der Waals surface area contributed by atoms with Crippen molar-refractivity contribution in [3.8, 4) is 0 Å². The van der Waals surface area contributed by atoms with Crippen molar-refractivity contribution in [1.82, 2.24) is 35.3 Å². The van der Waals surface area contributed by atoms with Crippen LogP contribution in [0.1, 0.15) is 12.5 Å². The van der Waals surface area contributed by atoms with Gasteiger partial charge in [0.05, 0.1) is 19.3 Å². The molecule has 2 aromatic rings. The molecule has 0 aromatic carbocycles. The van der Waals surface area contributed by atoms with Crippen molar-refractivity contribution in [2.75, 3.05) is 26.8 Å². The van der Waals surface area contributed by atoms with Crippen molar-refractivity contribution < 1.29 is 4.74 Å². The summed E-state index contributed by atoms with van der Waals surface area (Å²) in [5.74, 6) is 0.817. The number of hydrogen-bond donors (Lipinski definition) is 1. The lowest BCUT2D eigenvalue weighted by atomic mass is 10.4. The number of nitrogens with zero attached hydrogens (tertiary/aromatic N) is 6. The first-order chi connectivity index (χ1) is 10.3. The van der Waals surface area contributed by atoms with Crippen molar-refractivity contribution in [3.63, 3.8) is 0 Å². The van der Waals surface area contributed by atoms with Gasteiger partial charge in [0.1, 0.15) is 0 Å². The van der Waals surface area contributed by atoms with Crippen molar-refractivity contribution in [3.05, 3.63) is 18.0 Å². The summed E-state index contributed by atoms with van der Waals surface area (Å²) in [5, 5.41) is 20.2. The minimum Gasteiger partial charge on any atom is -0.383 e. The molecule has 0 saturated carbocycles. The number of aryl methyl sites for hydroxylation is 1. The lowest BCUT2D eigenvalue weighted by molar-refractivity contribution is 0.199. The molecular weight excluding hydrogens is 290 g/mol. The third-order valence-electron chi connectivity index (χ3n) is 2.86. The van der Waals surface area contributed by atoms with Gasteiger partial charge in [0.2, 0.25) is 5.16 Å². The lowest BCUT2D eigenvalue weighted by Gasteiger charge is -2.05. The summed E-state index contributed by atoms with van der Waals surface area (Å²) in [6, 6.07) is 0. The highest BCUT2D eigenvalue weighted by Crippen LogP contribution is 2.19. The molecule has 0 spiro atoms. The first kappa shape index (κ1) is 15.9. The van der Waals surface area contributed by atoms with Crippen LogP contribution in [0.2, 0.25) is 0 Å². The fourth-order valence-corrected chi connectivity index (χ4v) is 2.54. The molecule has 0 radical (unpaired) electrons. The number of thioether (sulfide) groups is 1. The minimum absolute atomic E-state index is 0.707. The highest BCUT2D eigenvalue weighted by Gasteiger charge is 2.07. The van der Waals surface area contributed by atoms with E-state index in [1.54, 1.807) is 18.9 Å². The first-order valence-electron chi connectivity index (χ1n) is 6.93. The Hall–Kier alpha value is -1.45. The van der Waals surface area contributed by atoms with Gasteiger partial charge in [-0.15, -0.1) is 5.10 Å². The number of tetrazole rings is 1. The largest absolute Gasteiger partial charge is 0.383 e. The predicted molar refractivity (Wildman–Crippen MR) is 80.0 cm³/mol. The summed E-state index contributed by atoms with van der Waals surface area (Å²) in [6.07, 6.45) is 3.93. The number of methoxy groups -OCH3 is 1. The standard InChI is InChI=1S/C12H21N7OS/c1-3-18-9-11(8-14-18)10-21-12-15-16-17-19(12)6-4-13-5-7-20-2/h8-9,13H,3-7,10H2,1-2H3. The molecular formula is C12H21N7OS. The monoisotopic (exact) mass is 311 g/mol. The summed E-state index contributed by atoms with van der Waals surface area (Å²) in [7, 11) is 1.69. The van der Waals surface area contributed by atoms with Gasteiger partial charge in [0, 0.05) is 44.3 Å². The van der Waals surface area contributed by atoms with Gasteiger partial charge in [0.25, 0.3) is 0 Å². The minimum atomic E-state index is 0.707. The molecule has 116 valence electrons. The van der Waals surface area contributed by atoms with E-state index in [1.807, 2.05) is 21.8 Å². The molecule has 2 rings (SSSR count). The zero-order valence-corrected chi connectivity index (χ0v) is 13.2. The van der Waals surface area contributed by atoms with Crippen LogP contribution in [0.3, 0.4) is 0 Å². The summed E-state index contributed by atoms with van der Waals surface area (Å²) in [6.45, 7) is 6.05. The van der Waals surface area contributed by atoms with Crippen LogP contribution in [0, 0.1) is 0 Å². The fourth-order valence-electron chi connectivity index (χ4n) is 1.73. The highest BCUT2D eigenvalue weighted by molar-refractivity contribution is 7.98. The smallest absolute Gasteiger partial charge is 0.209 e. The zero-order chi connectivity index (χ0) is 14.9. The SMILES string of the molecule is CCn1cc(CSc2nnnn2CCNCCOC)cn1. The van der Waals surface area contributed by atoms with E-state index in [0.717, 1.165) is 37.1 Å². The molecule has 0 aliphatic carbocycles. The molecule has 8 nitrogen and oxygen atoms in total. The fraction of sp³-hybridized carbons (Fsp3) is 0.667. The van der Waals surface area contributed by atoms with Crippen molar-refractivity contribution in [2.45, 2.75) is 30.9 Å². The topological polar surface area (TPSA) is 82.7 Å². The van der Waals surface area contributed by atoms with E-state index in [2.05, 4.69) is 32.9 Å². The molecule has 0 atom stereocenters. The maximum atomic E-state index is 4.98. The lowest BCUT2D eigenvalue weighted by Crippen LogP contribution is -2.24. The van der Waals surface area contributed by atoms with Gasteiger partial charge < -0.3 is 10.1 Å². The normalized spacial score (nSPS) is 11.1. The van der Waals surface area contributed by atoms with Gasteiger partial charge >= 0.3 is 0 Å². The Labute approximate surface area is 128 Å². The molecule has 0 unspecified atom stereocenters. The molecule has 9 heteroatoms. The summed E-state index contributed by atoms with van der Waals surface area (Å²) in [4.78, 5) is 0. The van der Waals surface area contributed by atoms with E-state index in [0.29, 0.717) is 6.61 Å². The first-order valence-corrected chi connectivity index (χ1v) is 7.92. The molecule has 0 aliphatic heterocycles. The number of aromatic nitrogens is 6. The van der Waals surface area contributed by atoms with Crippen LogP contribution in [0.5, 0.6) is 0 Å². The average Bonchev–Trinajstić information content (AvgIpc) is 3.13. The third-order valence-corrected chi connectivity index (χ3v) is 3.89. The molecule has 0 amide bonds. The molecule has 2 aromatic heterocycles. The number of rotatable bonds is 10. The Bertz CT molecular complexity index is 527. The summed E-state index contributed by atoms with van der Waals surface area (Å²) < 4.78 is 8.71. The van der Waals surface area contributed by atoms with Gasteiger partial charge in [0.15, 0.2) is 0 Å². The second-order valence-corrected chi connectivity index (χ2v) is 5.36. The molecule has 2 heterocycles. The maximum absolute atomic E-state index is 4.98. The molecule has 21 heavy (non-hydrogen) atoms. The number of ether oxygens (including phenoxy) is 1. The summed E-state index contributed by atoms with van der Waals surface area (Å²) in [5.41, 5.74) is 1.18. The Kier molecular flexibility index (Phi) is 6.64. The second-order valence-electron chi connectivity index (χ2n) is 4.42. The van der Waals surface area contributed by atoms with Crippen LogP contribution < -0.4 is 5.32 Å². The number of hydrogen-bond acceptors (Lipinski definition) is 7. The molecule has 0 fully saturated rings. The van der Waals surface area contributed by atoms with Crippen LogP contribution >= 0.6 is 11.8 Å². The Balaban J connectivity index is 1.77. The predicted octanol–water partition coefficient (Wildman–Crippen LogP) is 0.418. The van der Waals surface area contributed by atoms with E-state index in [9.17, 15) is 0 Å². The van der Waals surface area contributed by atoms with Crippen LogP contribution in [0.4, 0.5) is 0 Å². The van der Waals surface area contributed by atoms with Crippen molar-refractivity contribution in [2.24, 2.45) is 0 Å². The molecule has 0 aliphatic rings. The zero-order valence-electron chi connectivity index (χ0n) is 12.4. The van der Waals surface area contributed by atoms with Gasteiger partial charge in [-0.25, -0.2) is 4.68 Å². The summed E-state index contributed by atoms with van der Waals surface area (Å²) >= 11 is 1.62. The van der Waals surface area contributed by atoms with Crippen LogP contribution in [-0.2, 0) is 23.6 Å². The van der Waals surface area contributed by atoms with E-state index in [1.165, 1.54) is 5.56 Å². The van der Waals surface area contributed by atoms with Gasteiger partial charge in [-0.1, -0.05) is 11.8 Å². The van der Waals surface area contributed by atoms with E-state index >= 15 is 0 Å². The van der Waals surface area contributed by atoms with Gasteiger partial charge in [-0.2, -0.15) is 5.10 Å². The van der Waals surface area contributed by atoms with Crippen molar-refractivity contribution in [1.29, 1.82) is 0 Å². The molecule has 1 N–H and O–H groups in total. The van der Waals surface area contributed by atoms with E-state index < -0.39 is 0 Å². The Morgan fingerprint density at radius 3 is 3.05 bits per heavy atom. The highest BCUT2D eigenvalue weighted by atomic mass is 32.2. The third kappa shape index (κ3) is 5.10. The Morgan fingerprint density at radius 2 is 2.29 bits per heavy atom. The van der Waals surface area contributed by atoms with Crippen LogP contribution in [-0.4, -0.2) is 56.8 Å². The quantitative estimate of drug-likeness (QED) is 0.503. The molecule has 0 bridgehead atoms.